The number of H-pyrrole nitrogens is 1. The summed E-state index contributed by atoms with van der Waals surface area (Å²) in [5.41, 5.74) is 3.24. The Hall–Kier alpha value is -2.73. The number of hydrogen-bond donors (Lipinski definition) is 2. The number of likely N-dealkylation sites (N-methyl/N-ethyl adjacent to an activating group) is 1. The predicted molar refractivity (Wildman–Crippen MR) is 96.4 cm³/mol. The Labute approximate surface area is 140 Å². The van der Waals surface area contributed by atoms with Gasteiger partial charge < -0.3 is 15.2 Å². The summed E-state index contributed by atoms with van der Waals surface area (Å²) in [6.07, 6.45) is 3.49. The van der Waals surface area contributed by atoms with Gasteiger partial charge >= 0.3 is 0 Å². The third kappa shape index (κ3) is 3.44. The van der Waals surface area contributed by atoms with Crippen molar-refractivity contribution in [2.24, 2.45) is 0 Å². The topological polar surface area (TPSA) is 73.9 Å². The Balaban J connectivity index is 1.96. The van der Waals surface area contributed by atoms with Crippen LogP contribution in [0.15, 0.2) is 36.7 Å². The zero-order chi connectivity index (χ0) is 17.1. The largest absolute Gasteiger partial charge is 0.369 e. The Morgan fingerprint density at radius 3 is 2.79 bits per heavy atom. The summed E-state index contributed by atoms with van der Waals surface area (Å²) in [7, 11) is 4.07. The summed E-state index contributed by atoms with van der Waals surface area (Å²) in [5, 5.41) is 4.35. The van der Waals surface area contributed by atoms with Crippen molar-refractivity contribution in [2.75, 3.05) is 32.5 Å². The summed E-state index contributed by atoms with van der Waals surface area (Å²) in [6, 6.07) is 7.67. The minimum atomic E-state index is 0.0154. The first-order chi connectivity index (χ1) is 11.5. The molecule has 0 saturated heterocycles. The van der Waals surface area contributed by atoms with Crippen molar-refractivity contribution in [1.82, 2.24) is 19.9 Å². The van der Waals surface area contributed by atoms with E-state index in [9.17, 15) is 4.79 Å². The van der Waals surface area contributed by atoms with Crippen LogP contribution in [0, 0.1) is 0 Å². The zero-order valence-corrected chi connectivity index (χ0v) is 14.1. The van der Waals surface area contributed by atoms with Gasteiger partial charge in [0.1, 0.15) is 11.5 Å². The predicted octanol–water partition coefficient (Wildman–Crippen LogP) is 2.80. The van der Waals surface area contributed by atoms with Gasteiger partial charge in [-0.15, -0.1) is 0 Å². The molecule has 0 atom stereocenters. The highest BCUT2D eigenvalue weighted by Crippen LogP contribution is 2.28. The van der Waals surface area contributed by atoms with Gasteiger partial charge in [0, 0.05) is 42.0 Å². The maximum Gasteiger partial charge on any atom is 0.161 e. The minimum Gasteiger partial charge on any atom is -0.369 e. The number of fused-ring (bicyclic) bond motifs is 1. The summed E-state index contributed by atoms with van der Waals surface area (Å²) < 4.78 is 0. The molecule has 0 unspecified atom stereocenters. The molecule has 0 aliphatic carbocycles. The van der Waals surface area contributed by atoms with E-state index >= 15 is 0 Å². The van der Waals surface area contributed by atoms with Crippen LogP contribution in [0.2, 0.25) is 0 Å². The van der Waals surface area contributed by atoms with Gasteiger partial charge in [-0.05, 0) is 45.3 Å². The molecule has 0 aliphatic heterocycles. The van der Waals surface area contributed by atoms with Crippen molar-refractivity contribution < 1.29 is 4.79 Å². The van der Waals surface area contributed by atoms with E-state index in [-0.39, 0.29) is 5.78 Å². The molecule has 3 aromatic rings. The standard InChI is InChI=1S/C18H21N5O/c1-12(24)13-4-5-16(21-11-13)15-10-17(19-8-9-23(2)3)22-18-14(15)6-7-20-18/h4-7,10-11H,8-9H2,1-3H3,(H2,19,20,22). The monoisotopic (exact) mass is 323 g/mol. The van der Waals surface area contributed by atoms with Crippen LogP contribution in [0.3, 0.4) is 0 Å². The molecule has 2 N–H and O–H groups in total. The van der Waals surface area contributed by atoms with E-state index in [0.717, 1.165) is 41.2 Å². The van der Waals surface area contributed by atoms with Crippen LogP contribution in [0.4, 0.5) is 5.82 Å². The number of ketones is 1. The van der Waals surface area contributed by atoms with E-state index in [1.165, 1.54) is 0 Å². The third-order valence-electron chi connectivity index (χ3n) is 3.84. The molecule has 3 aromatic heterocycles. The average molecular weight is 323 g/mol. The summed E-state index contributed by atoms with van der Waals surface area (Å²) in [4.78, 5) is 25.7. The number of nitrogens with one attached hydrogen (secondary N) is 2. The number of hydrogen-bond acceptors (Lipinski definition) is 5. The van der Waals surface area contributed by atoms with Gasteiger partial charge in [0.05, 0.1) is 5.69 Å². The van der Waals surface area contributed by atoms with Crippen molar-refractivity contribution in [2.45, 2.75) is 6.92 Å². The molecule has 0 aromatic carbocycles. The van der Waals surface area contributed by atoms with E-state index in [1.807, 2.05) is 44.6 Å². The van der Waals surface area contributed by atoms with Crippen LogP contribution in [0.25, 0.3) is 22.3 Å². The van der Waals surface area contributed by atoms with E-state index in [4.69, 9.17) is 0 Å². The van der Waals surface area contributed by atoms with Gasteiger partial charge in [-0.1, -0.05) is 0 Å². The molecule has 0 bridgehead atoms. The molecule has 3 heterocycles. The van der Waals surface area contributed by atoms with Crippen LogP contribution < -0.4 is 5.32 Å². The molecule has 0 spiro atoms. The Bertz CT molecular complexity index is 851. The molecule has 6 heteroatoms. The van der Waals surface area contributed by atoms with Crippen LogP contribution in [0.5, 0.6) is 0 Å². The molecule has 0 fully saturated rings. The first-order valence-electron chi connectivity index (χ1n) is 7.88. The molecule has 24 heavy (non-hydrogen) atoms. The molecule has 0 radical (unpaired) electrons. The van der Waals surface area contributed by atoms with Gasteiger partial charge in [-0.2, -0.15) is 0 Å². The minimum absolute atomic E-state index is 0.0154. The van der Waals surface area contributed by atoms with Crippen molar-refractivity contribution >= 4 is 22.6 Å². The van der Waals surface area contributed by atoms with Gasteiger partial charge in [0.2, 0.25) is 0 Å². The zero-order valence-electron chi connectivity index (χ0n) is 14.1. The summed E-state index contributed by atoms with van der Waals surface area (Å²) >= 11 is 0. The quantitative estimate of drug-likeness (QED) is 0.682. The number of anilines is 1. The Morgan fingerprint density at radius 1 is 1.29 bits per heavy atom. The molecule has 0 aliphatic rings. The molecular weight excluding hydrogens is 302 g/mol. The number of aromatic nitrogens is 3. The van der Waals surface area contributed by atoms with Crippen molar-refractivity contribution in [3.63, 3.8) is 0 Å². The summed E-state index contributed by atoms with van der Waals surface area (Å²) in [6.45, 7) is 3.27. The first kappa shape index (κ1) is 16.1. The molecule has 0 saturated carbocycles. The van der Waals surface area contributed by atoms with E-state index in [0.29, 0.717) is 5.56 Å². The number of rotatable bonds is 6. The fraction of sp³-hybridized carbons (Fsp3) is 0.278. The fourth-order valence-corrected chi connectivity index (χ4v) is 2.51. The lowest BCUT2D eigenvalue weighted by Gasteiger charge is -2.12. The van der Waals surface area contributed by atoms with Gasteiger partial charge in [-0.25, -0.2) is 4.98 Å². The normalized spacial score (nSPS) is 11.2. The van der Waals surface area contributed by atoms with Crippen molar-refractivity contribution in [1.29, 1.82) is 0 Å². The lowest BCUT2D eigenvalue weighted by atomic mass is 10.1. The Kier molecular flexibility index (Phi) is 4.57. The van der Waals surface area contributed by atoms with Crippen molar-refractivity contribution in [3.8, 4) is 11.3 Å². The highest BCUT2D eigenvalue weighted by atomic mass is 16.1. The third-order valence-corrected chi connectivity index (χ3v) is 3.84. The highest BCUT2D eigenvalue weighted by molar-refractivity contribution is 5.96. The number of carbonyl (C=O) groups is 1. The molecule has 3 rings (SSSR count). The number of nitrogens with zero attached hydrogens (tertiary/aromatic N) is 3. The smallest absolute Gasteiger partial charge is 0.161 e. The van der Waals surface area contributed by atoms with Gasteiger partial charge in [-0.3, -0.25) is 9.78 Å². The lowest BCUT2D eigenvalue weighted by molar-refractivity contribution is 0.101. The van der Waals surface area contributed by atoms with Crippen LogP contribution in [0.1, 0.15) is 17.3 Å². The second-order valence-electron chi connectivity index (χ2n) is 6.01. The molecular formula is C18H21N5O. The van der Waals surface area contributed by atoms with Crippen LogP contribution in [-0.2, 0) is 0 Å². The highest BCUT2D eigenvalue weighted by Gasteiger charge is 2.10. The number of aromatic amines is 1. The molecule has 124 valence electrons. The first-order valence-corrected chi connectivity index (χ1v) is 7.88. The second kappa shape index (κ2) is 6.80. The van der Waals surface area contributed by atoms with Crippen LogP contribution >= 0.6 is 0 Å². The molecule has 0 amide bonds. The van der Waals surface area contributed by atoms with E-state index in [2.05, 4.69) is 25.2 Å². The van der Waals surface area contributed by atoms with E-state index < -0.39 is 0 Å². The average Bonchev–Trinajstić information content (AvgIpc) is 3.02. The number of carbonyl (C=O) groups excluding carboxylic acids is 1. The SMILES string of the molecule is CC(=O)c1ccc(-c2cc(NCCN(C)C)nc3[nH]ccc23)nc1. The summed E-state index contributed by atoms with van der Waals surface area (Å²) in [5.74, 6) is 0.820. The van der Waals surface area contributed by atoms with E-state index in [1.54, 1.807) is 13.1 Å². The molecule has 6 nitrogen and oxygen atoms in total. The van der Waals surface area contributed by atoms with Gasteiger partial charge in [0.25, 0.3) is 0 Å². The Morgan fingerprint density at radius 2 is 2.12 bits per heavy atom. The fourth-order valence-electron chi connectivity index (χ4n) is 2.51. The van der Waals surface area contributed by atoms with Crippen molar-refractivity contribution in [3.05, 3.63) is 42.2 Å². The van der Waals surface area contributed by atoms with Gasteiger partial charge in [0.15, 0.2) is 5.78 Å². The number of pyridine rings is 2. The second-order valence-corrected chi connectivity index (χ2v) is 6.01. The maximum atomic E-state index is 11.4. The lowest BCUT2D eigenvalue weighted by Crippen LogP contribution is -2.21. The maximum absolute atomic E-state index is 11.4. The van der Waals surface area contributed by atoms with Crippen LogP contribution in [-0.4, -0.2) is 52.8 Å². The number of Topliss-reactive ketones (excluding diaryl/α,β-unsaturated/α-hetero) is 1.